The Balaban J connectivity index is 2.11. The fourth-order valence-corrected chi connectivity index (χ4v) is 1.85. The minimum absolute atomic E-state index is 0.110. The van der Waals surface area contributed by atoms with Gasteiger partial charge in [0.1, 0.15) is 0 Å². The Hall–Kier alpha value is -0.610. The normalized spacial score (nSPS) is 21.3. The highest BCUT2D eigenvalue weighted by atomic mass is 16.3. The van der Waals surface area contributed by atoms with E-state index in [0.29, 0.717) is 6.42 Å². The predicted molar refractivity (Wildman–Crippen MR) is 59.6 cm³/mol. The van der Waals surface area contributed by atoms with E-state index < -0.39 is 5.60 Å². The average molecular weight is 214 g/mol. The molecule has 15 heavy (non-hydrogen) atoms. The number of likely N-dealkylation sites (tertiary alicyclic amines) is 1. The molecule has 0 aliphatic carbocycles. The van der Waals surface area contributed by atoms with Gasteiger partial charge in [0.2, 0.25) is 5.91 Å². The molecule has 1 heterocycles. The highest BCUT2D eigenvalue weighted by Crippen LogP contribution is 2.20. The lowest BCUT2D eigenvalue weighted by Crippen LogP contribution is -2.42. The van der Waals surface area contributed by atoms with Gasteiger partial charge in [0.15, 0.2) is 0 Å². The van der Waals surface area contributed by atoms with Crippen LogP contribution < -0.4 is 5.32 Å². The van der Waals surface area contributed by atoms with Crippen LogP contribution in [0.15, 0.2) is 0 Å². The Morgan fingerprint density at radius 2 is 2.07 bits per heavy atom. The number of nitrogens with one attached hydrogen (secondary N) is 1. The first-order chi connectivity index (χ1) is 7.03. The molecule has 0 spiro atoms. The largest absolute Gasteiger partial charge is 0.390 e. The van der Waals surface area contributed by atoms with Crippen molar-refractivity contribution >= 4 is 5.91 Å². The van der Waals surface area contributed by atoms with Crippen LogP contribution in [0.1, 0.15) is 32.6 Å². The average Bonchev–Trinajstić information content (AvgIpc) is 2.20. The van der Waals surface area contributed by atoms with Gasteiger partial charge in [0, 0.05) is 26.6 Å². The first-order valence-corrected chi connectivity index (χ1v) is 5.69. The summed E-state index contributed by atoms with van der Waals surface area (Å²) in [5.74, 6) is 0.110. The number of carbonyl (C=O) groups is 1. The molecule has 0 atom stereocenters. The topological polar surface area (TPSA) is 52.6 Å². The summed E-state index contributed by atoms with van der Waals surface area (Å²) in [6.45, 7) is 4.75. The molecule has 1 fully saturated rings. The van der Waals surface area contributed by atoms with Gasteiger partial charge in [-0.05, 0) is 32.7 Å². The fourth-order valence-electron chi connectivity index (χ4n) is 1.85. The zero-order valence-electron chi connectivity index (χ0n) is 9.75. The standard InChI is InChI=1S/C11H22N2O2/c1-11(15)5-8-13(9-6-11)7-3-4-10(14)12-2/h15H,3-9H2,1-2H3,(H,12,14). The number of hydrogen-bond donors (Lipinski definition) is 2. The van der Waals surface area contributed by atoms with E-state index in [4.69, 9.17) is 0 Å². The van der Waals surface area contributed by atoms with Gasteiger partial charge < -0.3 is 15.3 Å². The van der Waals surface area contributed by atoms with Crippen LogP contribution in [0.4, 0.5) is 0 Å². The Morgan fingerprint density at radius 3 is 2.60 bits per heavy atom. The summed E-state index contributed by atoms with van der Waals surface area (Å²) < 4.78 is 0. The van der Waals surface area contributed by atoms with Crippen LogP contribution in [-0.2, 0) is 4.79 Å². The van der Waals surface area contributed by atoms with E-state index in [1.54, 1.807) is 7.05 Å². The minimum atomic E-state index is -0.475. The van der Waals surface area contributed by atoms with E-state index >= 15 is 0 Å². The molecule has 0 saturated carbocycles. The van der Waals surface area contributed by atoms with E-state index in [9.17, 15) is 9.90 Å². The third kappa shape index (κ3) is 4.62. The van der Waals surface area contributed by atoms with E-state index in [-0.39, 0.29) is 5.91 Å². The number of rotatable bonds is 4. The van der Waals surface area contributed by atoms with E-state index in [1.165, 1.54) is 0 Å². The van der Waals surface area contributed by atoms with E-state index in [0.717, 1.165) is 38.9 Å². The molecule has 0 bridgehead atoms. The van der Waals surface area contributed by atoms with Crippen molar-refractivity contribution in [2.45, 2.75) is 38.2 Å². The molecule has 1 aliphatic rings. The molecule has 88 valence electrons. The molecular weight excluding hydrogens is 192 g/mol. The third-order valence-corrected chi connectivity index (χ3v) is 3.09. The Morgan fingerprint density at radius 1 is 1.47 bits per heavy atom. The number of amides is 1. The summed E-state index contributed by atoms with van der Waals surface area (Å²) >= 11 is 0. The number of piperidine rings is 1. The van der Waals surface area contributed by atoms with Gasteiger partial charge in [-0.15, -0.1) is 0 Å². The monoisotopic (exact) mass is 214 g/mol. The molecular formula is C11H22N2O2. The second-order valence-corrected chi connectivity index (χ2v) is 4.62. The molecule has 4 heteroatoms. The van der Waals surface area contributed by atoms with Crippen molar-refractivity contribution in [3.63, 3.8) is 0 Å². The molecule has 1 saturated heterocycles. The van der Waals surface area contributed by atoms with Crippen LogP contribution in [0.3, 0.4) is 0 Å². The van der Waals surface area contributed by atoms with E-state index in [2.05, 4.69) is 10.2 Å². The SMILES string of the molecule is CNC(=O)CCCN1CCC(C)(O)CC1. The van der Waals surface area contributed by atoms with Gasteiger partial charge >= 0.3 is 0 Å². The van der Waals surface area contributed by atoms with E-state index in [1.807, 2.05) is 6.92 Å². The molecule has 0 unspecified atom stereocenters. The summed E-state index contributed by atoms with van der Waals surface area (Å²) in [6.07, 6.45) is 3.19. The first kappa shape index (κ1) is 12.5. The van der Waals surface area contributed by atoms with Gasteiger partial charge in [0.05, 0.1) is 5.60 Å². The maximum absolute atomic E-state index is 11.0. The van der Waals surface area contributed by atoms with Crippen molar-refractivity contribution in [1.29, 1.82) is 0 Å². The van der Waals surface area contributed by atoms with Gasteiger partial charge in [0.25, 0.3) is 0 Å². The number of nitrogens with zero attached hydrogens (tertiary/aromatic N) is 1. The van der Waals surface area contributed by atoms with Crippen LogP contribution >= 0.6 is 0 Å². The highest BCUT2D eigenvalue weighted by Gasteiger charge is 2.26. The van der Waals surface area contributed by atoms with Crippen LogP contribution in [0.25, 0.3) is 0 Å². The van der Waals surface area contributed by atoms with Crippen LogP contribution in [0, 0.1) is 0 Å². The van der Waals surface area contributed by atoms with Crippen LogP contribution in [0.2, 0.25) is 0 Å². The Labute approximate surface area is 91.6 Å². The van der Waals surface area contributed by atoms with Crippen molar-refractivity contribution in [3.05, 3.63) is 0 Å². The summed E-state index contributed by atoms with van der Waals surface area (Å²) in [7, 11) is 1.67. The molecule has 2 N–H and O–H groups in total. The number of hydrogen-bond acceptors (Lipinski definition) is 3. The van der Waals surface area contributed by atoms with Gasteiger partial charge in [-0.1, -0.05) is 0 Å². The number of aliphatic hydroxyl groups is 1. The maximum atomic E-state index is 11.0. The van der Waals surface area contributed by atoms with Gasteiger partial charge in [-0.2, -0.15) is 0 Å². The second kappa shape index (κ2) is 5.47. The fraction of sp³-hybridized carbons (Fsp3) is 0.909. The zero-order chi connectivity index (χ0) is 11.3. The van der Waals surface area contributed by atoms with Crippen molar-refractivity contribution in [2.75, 3.05) is 26.7 Å². The highest BCUT2D eigenvalue weighted by molar-refractivity contribution is 5.75. The number of carbonyl (C=O) groups excluding carboxylic acids is 1. The molecule has 0 aromatic heterocycles. The third-order valence-electron chi connectivity index (χ3n) is 3.09. The zero-order valence-corrected chi connectivity index (χ0v) is 9.75. The van der Waals surface area contributed by atoms with Gasteiger partial charge in [-0.25, -0.2) is 0 Å². The molecule has 0 aromatic rings. The summed E-state index contributed by atoms with van der Waals surface area (Å²) in [5, 5.41) is 12.4. The molecule has 1 amide bonds. The Bertz CT molecular complexity index is 207. The summed E-state index contributed by atoms with van der Waals surface area (Å²) in [5.41, 5.74) is -0.475. The molecule has 4 nitrogen and oxygen atoms in total. The quantitative estimate of drug-likeness (QED) is 0.710. The second-order valence-electron chi connectivity index (χ2n) is 4.62. The predicted octanol–water partition coefficient (Wildman–Crippen LogP) is 0.359. The molecule has 1 aliphatic heterocycles. The van der Waals surface area contributed by atoms with Crippen LogP contribution in [0.5, 0.6) is 0 Å². The Kier molecular flexibility index (Phi) is 4.54. The van der Waals surface area contributed by atoms with Crippen molar-refractivity contribution < 1.29 is 9.90 Å². The smallest absolute Gasteiger partial charge is 0.219 e. The minimum Gasteiger partial charge on any atom is -0.390 e. The lowest BCUT2D eigenvalue weighted by atomic mass is 9.94. The van der Waals surface area contributed by atoms with Crippen molar-refractivity contribution in [1.82, 2.24) is 10.2 Å². The summed E-state index contributed by atoms with van der Waals surface area (Å²) in [6, 6.07) is 0. The maximum Gasteiger partial charge on any atom is 0.219 e. The lowest BCUT2D eigenvalue weighted by molar-refractivity contribution is -0.120. The first-order valence-electron chi connectivity index (χ1n) is 5.69. The molecule has 0 aromatic carbocycles. The molecule has 1 rings (SSSR count). The van der Waals surface area contributed by atoms with Crippen LogP contribution in [-0.4, -0.2) is 48.2 Å². The van der Waals surface area contributed by atoms with Gasteiger partial charge in [-0.3, -0.25) is 4.79 Å². The lowest BCUT2D eigenvalue weighted by Gasteiger charge is -2.35. The molecule has 0 radical (unpaired) electrons. The van der Waals surface area contributed by atoms with Crippen molar-refractivity contribution in [2.24, 2.45) is 0 Å². The van der Waals surface area contributed by atoms with Crippen molar-refractivity contribution in [3.8, 4) is 0 Å². The summed E-state index contributed by atoms with van der Waals surface area (Å²) in [4.78, 5) is 13.3.